The van der Waals surface area contributed by atoms with Gasteiger partial charge in [-0.1, -0.05) is 32.0 Å². The molecule has 110 valence electrons. The quantitative estimate of drug-likeness (QED) is 0.717. The molecular weight excluding hydrogens is 280 g/mol. The van der Waals surface area contributed by atoms with Gasteiger partial charge in [-0.25, -0.2) is 4.98 Å². The molecule has 1 unspecified atom stereocenters. The Kier molecular flexibility index (Phi) is 4.36. The van der Waals surface area contributed by atoms with E-state index in [9.17, 15) is 0 Å². The van der Waals surface area contributed by atoms with Crippen LogP contribution in [0, 0.1) is 0 Å². The van der Waals surface area contributed by atoms with Crippen molar-refractivity contribution in [1.82, 2.24) is 10.3 Å². The van der Waals surface area contributed by atoms with Gasteiger partial charge in [-0.15, -0.1) is 11.3 Å². The van der Waals surface area contributed by atoms with Crippen LogP contribution in [-0.4, -0.2) is 4.98 Å². The largest absolute Gasteiger partial charge is 0.461 e. The topological polar surface area (TPSA) is 38.1 Å². The van der Waals surface area contributed by atoms with E-state index < -0.39 is 0 Å². The van der Waals surface area contributed by atoms with Crippen molar-refractivity contribution >= 4 is 22.3 Å². The third-order valence-electron chi connectivity index (χ3n) is 3.79. The number of aromatic nitrogens is 1. The fourth-order valence-corrected chi connectivity index (χ4v) is 3.46. The Morgan fingerprint density at radius 3 is 2.86 bits per heavy atom. The number of nitrogens with one attached hydrogen (secondary N) is 1. The van der Waals surface area contributed by atoms with Crippen LogP contribution in [-0.2, 0) is 13.0 Å². The molecule has 0 saturated carbocycles. The van der Waals surface area contributed by atoms with Crippen molar-refractivity contribution in [2.75, 3.05) is 0 Å². The third kappa shape index (κ3) is 2.87. The van der Waals surface area contributed by atoms with Crippen LogP contribution in [0.3, 0.4) is 0 Å². The van der Waals surface area contributed by atoms with Gasteiger partial charge in [0.1, 0.15) is 16.4 Å². The molecule has 21 heavy (non-hydrogen) atoms. The molecule has 0 aliphatic carbocycles. The van der Waals surface area contributed by atoms with Crippen molar-refractivity contribution < 1.29 is 4.42 Å². The summed E-state index contributed by atoms with van der Waals surface area (Å²) in [7, 11) is 0. The number of benzene rings is 1. The summed E-state index contributed by atoms with van der Waals surface area (Å²) in [6.45, 7) is 5.14. The summed E-state index contributed by atoms with van der Waals surface area (Å²) in [5, 5.41) is 8.04. The van der Waals surface area contributed by atoms with Gasteiger partial charge in [0.25, 0.3) is 0 Å². The van der Waals surface area contributed by atoms with Gasteiger partial charge in [0, 0.05) is 35.5 Å². The zero-order valence-electron chi connectivity index (χ0n) is 12.4. The minimum atomic E-state index is 0.309. The highest BCUT2D eigenvalue weighted by molar-refractivity contribution is 7.09. The summed E-state index contributed by atoms with van der Waals surface area (Å²) in [6, 6.07) is 8.57. The van der Waals surface area contributed by atoms with E-state index in [1.54, 1.807) is 11.3 Å². The second-order valence-corrected chi connectivity index (χ2v) is 5.99. The Balaban J connectivity index is 1.84. The number of rotatable bonds is 6. The van der Waals surface area contributed by atoms with Crippen LogP contribution in [0.2, 0.25) is 0 Å². The minimum Gasteiger partial charge on any atom is -0.461 e. The number of nitrogens with zero attached hydrogens (tertiary/aromatic N) is 1. The minimum absolute atomic E-state index is 0.309. The molecule has 0 fully saturated rings. The van der Waals surface area contributed by atoms with Gasteiger partial charge >= 0.3 is 0 Å². The summed E-state index contributed by atoms with van der Waals surface area (Å²) in [5.74, 6) is 1.08. The smallest absolute Gasteiger partial charge is 0.134 e. The third-order valence-corrected chi connectivity index (χ3v) is 4.68. The lowest BCUT2D eigenvalue weighted by Gasteiger charge is -2.14. The van der Waals surface area contributed by atoms with Crippen LogP contribution < -0.4 is 5.32 Å². The monoisotopic (exact) mass is 300 g/mol. The fourth-order valence-electron chi connectivity index (χ4n) is 2.67. The van der Waals surface area contributed by atoms with E-state index in [0.717, 1.165) is 35.7 Å². The predicted octanol–water partition coefficient (Wildman–Crippen LogP) is 4.69. The number of para-hydroxylation sites is 1. The number of hydrogen-bond donors (Lipinski definition) is 1. The number of hydrogen-bond acceptors (Lipinski definition) is 4. The van der Waals surface area contributed by atoms with Gasteiger partial charge in [-0.05, 0) is 12.5 Å². The van der Waals surface area contributed by atoms with Crippen LogP contribution in [0.4, 0.5) is 0 Å². The van der Waals surface area contributed by atoms with E-state index in [2.05, 4.69) is 36.3 Å². The van der Waals surface area contributed by atoms with Gasteiger partial charge in [-0.2, -0.15) is 0 Å². The summed E-state index contributed by atoms with van der Waals surface area (Å²) in [4.78, 5) is 4.42. The normalized spacial score (nSPS) is 12.9. The van der Waals surface area contributed by atoms with Crippen LogP contribution in [0.15, 0.2) is 40.3 Å². The lowest BCUT2D eigenvalue weighted by molar-refractivity contribution is 0.502. The number of thiazole rings is 1. The summed E-state index contributed by atoms with van der Waals surface area (Å²) >= 11 is 1.71. The molecule has 1 aromatic carbocycles. The van der Waals surface area contributed by atoms with E-state index in [1.165, 1.54) is 10.9 Å². The van der Waals surface area contributed by atoms with Gasteiger partial charge < -0.3 is 9.73 Å². The Hall–Kier alpha value is -1.65. The molecule has 3 rings (SSSR count). The molecule has 4 heteroatoms. The first kappa shape index (κ1) is 14.3. The van der Waals surface area contributed by atoms with Crippen molar-refractivity contribution in [3.05, 3.63) is 52.2 Å². The molecule has 0 bridgehead atoms. The molecule has 0 amide bonds. The Labute approximate surface area is 129 Å². The van der Waals surface area contributed by atoms with Crippen LogP contribution in [0.25, 0.3) is 11.0 Å². The molecule has 3 aromatic rings. The lowest BCUT2D eigenvalue weighted by atomic mass is 10.1. The molecule has 1 atom stereocenters. The maximum absolute atomic E-state index is 5.95. The van der Waals surface area contributed by atoms with E-state index in [1.807, 2.05) is 23.7 Å². The molecule has 0 saturated heterocycles. The molecule has 2 aromatic heterocycles. The van der Waals surface area contributed by atoms with Crippen LogP contribution in [0.1, 0.15) is 42.6 Å². The van der Waals surface area contributed by atoms with Crippen molar-refractivity contribution in [3.63, 3.8) is 0 Å². The van der Waals surface area contributed by atoms with E-state index in [-0.39, 0.29) is 0 Å². The number of fused-ring (bicyclic) bond motifs is 1. The molecule has 0 radical (unpaired) electrons. The first-order valence-corrected chi connectivity index (χ1v) is 8.33. The molecule has 0 aliphatic heterocycles. The summed E-state index contributed by atoms with van der Waals surface area (Å²) < 4.78 is 5.95. The standard InChI is InChI=1S/C17H20N2OS/c1-3-14(17-18-9-10-21-17)19-11-13-12-7-5-6-8-16(12)20-15(13)4-2/h5-10,14,19H,3-4,11H2,1-2H3. The molecule has 1 N–H and O–H groups in total. The van der Waals surface area contributed by atoms with Crippen LogP contribution >= 0.6 is 11.3 Å². The highest BCUT2D eigenvalue weighted by atomic mass is 32.1. The van der Waals surface area contributed by atoms with E-state index in [4.69, 9.17) is 4.42 Å². The Morgan fingerprint density at radius 2 is 2.14 bits per heavy atom. The average molecular weight is 300 g/mol. The molecule has 0 aliphatic rings. The lowest BCUT2D eigenvalue weighted by Crippen LogP contribution is -2.20. The molecular formula is C17H20N2OS. The van der Waals surface area contributed by atoms with Gasteiger partial charge in [-0.3, -0.25) is 0 Å². The predicted molar refractivity (Wildman–Crippen MR) is 87.6 cm³/mol. The second-order valence-electron chi connectivity index (χ2n) is 5.07. The summed E-state index contributed by atoms with van der Waals surface area (Å²) in [6.07, 6.45) is 3.82. The van der Waals surface area contributed by atoms with Crippen molar-refractivity contribution in [2.24, 2.45) is 0 Å². The zero-order chi connectivity index (χ0) is 14.7. The zero-order valence-corrected chi connectivity index (χ0v) is 13.2. The first-order valence-electron chi connectivity index (χ1n) is 7.45. The highest BCUT2D eigenvalue weighted by Crippen LogP contribution is 2.27. The maximum Gasteiger partial charge on any atom is 0.134 e. The maximum atomic E-state index is 5.95. The van der Waals surface area contributed by atoms with Gasteiger partial charge in [0.15, 0.2) is 0 Å². The van der Waals surface area contributed by atoms with Crippen molar-refractivity contribution in [1.29, 1.82) is 0 Å². The Bertz CT molecular complexity index is 703. The van der Waals surface area contributed by atoms with E-state index >= 15 is 0 Å². The molecule has 0 spiro atoms. The van der Waals surface area contributed by atoms with Gasteiger partial charge in [0.05, 0.1) is 6.04 Å². The van der Waals surface area contributed by atoms with Gasteiger partial charge in [0.2, 0.25) is 0 Å². The SMILES string of the molecule is CCc1oc2ccccc2c1CNC(CC)c1nccs1. The van der Waals surface area contributed by atoms with E-state index in [0.29, 0.717) is 6.04 Å². The van der Waals surface area contributed by atoms with Crippen molar-refractivity contribution in [3.8, 4) is 0 Å². The number of furan rings is 1. The Morgan fingerprint density at radius 1 is 1.29 bits per heavy atom. The highest BCUT2D eigenvalue weighted by Gasteiger charge is 2.16. The fraction of sp³-hybridized carbons (Fsp3) is 0.353. The average Bonchev–Trinajstić information content (AvgIpc) is 3.16. The summed E-state index contributed by atoms with van der Waals surface area (Å²) in [5.41, 5.74) is 2.26. The molecule has 2 heterocycles. The number of aryl methyl sites for hydroxylation is 1. The molecule has 3 nitrogen and oxygen atoms in total. The second kappa shape index (κ2) is 6.41. The van der Waals surface area contributed by atoms with Crippen molar-refractivity contribution in [2.45, 2.75) is 39.3 Å². The first-order chi connectivity index (χ1) is 10.3. The van der Waals surface area contributed by atoms with Crippen LogP contribution in [0.5, 0.6) is 0 Å².